The highest BCUT2D eigenvalue weighted by Gasteiger charge is 2.42. The zero-order valence-corrected chi connectivity index (χ0v) is 14.8. The number of amides is 1. The zero-order valence-electron chi connectivity index (χ0n) is 14.8. The minimum absolute atomic E-state index is 0.0754. The summed E-state index contributed by atoms with van der Waals surface area (Å²) in [5.74, 6) is 1.29. The van der Waals surface area contributed by atoms with Gasteiger partial charge in [0.15, 0.2) is 0 Å². The van der Waals surface area contributed by atoms with Crippen molar-refractivity contribution in [3.05, 3.63) is 18.5 Å². The highest BCUT2D eigenvalue weighted by atomic mass is 16.5. The third kappa shape index (κ3) is 3.77. The Morgan fingerprint density at radius 1 is 1.20 bits per heavy atom. The van der Waals surface area contributed by atoms with Crippen LogP contribution in [0.2, 0.25) is 0 Å². The van der Waals surface area contributed by atoms with Crippen LogP contribution in [0.1, 0.15) is 25.7 Å². The third-order valence-corrected chi connectivity index (χ3v) is 5.74. The first kappa shape index (κ1) is 16.7. The number of anilines is 1. The summed E-state index contributed by atoms with van der Waals surface area (Å²) in [6.45, 7) is 3.80. The van der Waals surface area contributed by atoms with Crippen LogP contribution in [0.3, 0.4) is 0 Å². The highest BCUT2D eigenvalue weighted by Crippen LogP contribution is 2.34. The summed E-state index contributed by atoms with van der Waals surface area (Å²) in [4.78, 5) is 25.7. The maximum absolute atomic E-state index is 12.6. The number of hydrogen-bond acceptors (Lipinski definition) is 6. The van der Waals surface area contributed by atoms with Gasteiger partial charge in [0.1, 0.15) is 6.10 Å². The summed E-state index contributed by atoms with van der Waals surface area (Å²) >= 11 is 0. The molecule has 7 nitrogen and oxygen atoms in total. The smallest absolute Gasteiger partial charge is 0.249 e. The molecule has 25 heavy (non-hydrogen) atoms. The van der Waals surface area contributed by atoms with E-state index in [1.54, 1.807) is 12.4 Å². The second-order valence-electron chi connectivity index (χ2n) is 7.53. The lowest BCUT2D eigenvalue weighted by Crippen LogP contribution is -2.47. The summed E-state index contributed by atoms with van der Waals surface area (Å²) < 4.78 is 6.12. The lowest BCUT2D eigenvalue weighted by atomic mass is 9.91. The fourth-order valence-electron chi connectivity index (χ4n) is 4.18. The molecule has 0 radical (unpaired) electrons. The van der Waals surface area contributed by atoms with E-state index < -0.39 is 0 Å². The molecule has 1 aromatic rings. The van der Waals surface area contributed by atoms with Gasteiger partial charge in [-0.25, -0.2) is 9.97 Å². The largest absolute Gasteiger partial charge is 0.363 e. The molecule has 3 atom stereocenters. The predicted molar refractivity (Wildman–Crippen MR) is 94.3 cm³/mol. The summed E-state index contributed by atoms with van der Waals surface area (Å²) in [6.07, 6.45) is 7.26. The molecular formula is C18H27N5O2. The molecular weight excluding hydrogens is 318 g/mol. The number of nitrogens with zero attached hydrogens (tertiary/aromatic N) is 4. The van der Waals surface area contributed by atoms with Crippen molar-refractivity contribution < 1.29 is 9.53 Å². The second kappa shape index (κ2) is 7.25. The van der Waals surface area contributed by atoms with Crippen LogP contribution >= 0.6 is 0 Å². The molecule has 4 heterocycles. The molecule has 7 heteroatoms. The minimum Gasteiger partial charge on any atom is -0.363 e. The Morgan fingerprint density at radius 2 is 1.96 bits per heavy atom. The highest BCUT2D eigenvalue weighted by molar-refractivity contribution is 5.81. The third-order valence-electron chi connectivity index (χ3n) is 5.74. The van der Waals surface area contributed by atoms with E-state index in [0.717, 1.165) is 57.8 Å². The number of aromatic nitrogens is 2. The number of carbonyl (C=O) groups excluding carboxylic acids is 1. The molecule has 3 fully saturated rings. The number of rotatable bonds is 3. The lowest BCUT2D eigenvalue weighted by molar-refractivity contribution is -0.133. The number of hydrogen-bond donors (Lipinski definition) is 1. The molecule has 3 saturated heterocycles. The minimum atomic E-state index is -0.300. The van der Waals surface area contributed by atoms with E-state index in [1.807, 2.05) is 6.07 Å². The van der Waals surface area contributed by atoms with Crippen molar-refractivity contribution in [3.8, 4) is 0 Å². The summed E-state index contributed by atoms with van der Waals surface area (Å²) in [5.41, 5.74) is 0. The number of fused-ring (bicyclic) bond motifs is 1. The fraction of sp³-hybridized carbons (Fsp3) is 0.722. The Labute approximate surface area is 148 Å². The molecule has 3 aliphatic rings. The Morgan fingerprint density at radius 3 is 2.72 bits per heavy atom. The molecule has 0 unspecified atom stereocenters. The van der Waals surface area contributed by atoms with E-state index >= 15 is 0 Å². The molecule has 0 bridgehead atoms. The molecule has 136 valence electrons. The van der Waals surface area contributed by atoms with Gasteiger partial charge in [0.05, 0.1) is 6.10 Å². The summed E-state index contributed by atoms with van der Waals surface area (Å²) in [6, 6.07) is 2.12. The number of carbonyl (C=O) groups is 1. The van der Waals surface area contributed by atoms with Gasteiger partial charge in [-0.15, -0.1) is 0 Å². The molecule has 0 aliphatic carbocycles. The van der Waals surface area contributed by atoms with Crippen LogP contribution in [-0.2, 0) is 9.53 Å². The molecule has 1 aromatic heterocycles. The van der Waals surface area contributed by atoms with E-state index in [0.29, 0.717) is 12.0 Å². The first-order valence-corrected chi connectivity index (χ1v) is 9.35. The number of nitrogens with one attached hydrogen (secondary N) is 1. The van der Waals surface area contributed by atoms with Crippen molar-refractivity contribution in [2.75, 3.05) is 38.1 Å². The van der Waals surface area contributed by atoms with Gasteiger partial charge < -0.3 is 19.9 Å². The van der Waals surface area contributed by atoms with E-state index in [-0.39, 0.29) is 18.1 Å². The van der Waals surface area contributed by atoms with Crippen LogP contribution in [0, 0.1) is 5.92 Å². The Balaban J connectivity index is 1.31. The Hall–Kier alpha value is -1.73. The van der Waals surface area contributed by atoms with Crippen molar-refractivity contribution in [1.82, 2.24) is 20.2 Å². The number of ether oxygens (including phenoxy) is 1. The summed E-state index contributed by atoms with van der Waals surface area (Å²) in [7, 11) is 2.13. The van der Waals surface area contributed by atoms with Crippen molar-refractivity contribution in [2.45, 2.75) is 43.9 Å². The normalized spacial score (nSPS) is 30.9. The predicted octanol–water partition coefficient (Wildman–Crippen LogP) is 0.671. The van der Waals surface area contributed by atoms with Gasteiger partial charge in [-0.1, -0.05) is 0 Å². The van der Waals surface area contributed by atoms with Crippen LogP contribution in [0.5, 0.6) is 0 Å². The molecule has 0 spiro atoms. The van der Waals surface area contributed by atoms with Crippen molar-refractivity contribution in [3.63, 3.8) is 0 Å². The first-order chi connectivity index (χ1) is 12.2. The molecule has 1 N–H and O–H groups in total. The second-order valence-corrected chi connectivity index (χ2v) is 7.53. The molecule has 4 rings (SSSR count). The lowest BCUT2D eigenvalue weighted by Gasteiger charge is -2.33. The maximum atomic E-state index is 12.6. The van der Waals surface area contributed by atoms with Gasteiger partial charge >= 0.3 is 0 Å². The van der Waals surface area contributed by atoms with Gasteiger partial charge in [-0.2, -0.15) is 0 Å². The van der Waals surface area contributed by atoms with Crippen LogP contribution in [0.25, 0.3) is 0 Å². The molecule has 1 amide bonds. The van der Waals surface area contributed by atoms with E-state index in [9.17, 15) is 4.79 Å². The van der Waals surface area contributed by atoms with Gasteiger partial charge in [0, 0.05) is 31.5 Å². The van der Waals surface area contributed by atoms with Gasteiger partial charge in [-0.05, 0) is 57.8 Å². The van der Waals surface area contributed by atoms with Crippen molar-refractivity contribution >= 4 is 11.9 Å². The standard InChI is InChI=1S/C18H27N5O2/c1-22-8-4-14(5-9-22)21-17(24)15-11-13-3-10-23(12-16(13)25-15)18-19-6-2-7-20-18/h2,6-7,13-16H,3-5,8-12H2,1H3,(H,21,24)/t13-,15+,16-/m1/s1. The topological polar surface area (TPSA) is 70.6 Å². The molecule has 0 aromatic carbocycles. The van der Waals surface area contributed by atoms with E-state index in [4.69, 9.17) is 4.74 Å². The van der Waals surface area contributed by atoms with Crippen molar-refractivity contribution in [1.29, 1.82) is 0 Å². The van der Waals surface area contributed by atoms with Crippen LogP contribution < -0.4 is 10.2 Å². The maximum Gasteiger partial charge on any atom is 0.249 e. The quantitative estimate of drug-likeness (QED) is 0.868. The van der Waals surface area contributed by atoms with E-state index in [2.05, 4.69) is 32.1 Å². The molecule has 3 aliphatic heterocycles. The number of piperidine rings is 2. The zero-order chi connectivity index (χ0) is 17.2. The number of likely N-dealkylation sites (tertiary alicyclic amines) is 1. The summed E-state index contributed by atoms with van der Waals surface area (Å²) in [5, 5.41) is 3.21. The van der Waals surface area contributed by atoms with Gasteiger partial charge in [0.25, 0.3) is 0 Å². The van der Waals surface area contributed by atoms with Crippen LogP contribution in [0.15, 0.2) is 18.5 Å². The molecule has 0 saturated carbocycles. The van der Waals surface area contributed by atoms with Crippen molar-refractivity contribution in [2.24, 2.45) is 5.92 Å². The van der Waals surface area contributed by atoms with Crippen LogP contribution in [-0.4, -0.2) is 72.3 Å². The van der Waals surface area contributed by atoms with Crippen LogP contribution in [0.4, 0.5) is 5.95 Å². The monoisotopic (exact) mass is 345 g/mol. The average molecular weight is 345 g/mol. The van der Waals surface area contributed by atoms with Gasteiger partial charge in [0.2, 0.25) is 11.9 Å². The average Bonchev–Trinajstić information content (AvgIpc) is 3.08. The SMILES string of the molecule is CN1CCC(NC(=O)[C@@H]2C[C@H]3CCN(c4ncccn4)C[C@H]3O2)CC1. The Kier molecular flexibility index (Phi) is 4.85. The Bertz CT molecular complexity index is 590. The van der Waals surface area contributed by atoms with Gasteiger partial charge in [-0.3, -0.25) is 4.79 Å². The van der Waals surface area contributed by atoms with E-state index in [1.165, 1.54) is 0 Å². The first-order valence-electron chi connectivity index (χ1n) is 9.35. The fourth-order valence-corrected chi connectivity index (χ4v) is 4.18.